The van der Waals surface area contributed by atoms with E-state index in [1.54, 1.807) is 6.07 Å². The highest BCUT2D eigenvalue weighted by Gasteiger charge is 2.24. The summed E-state index contributed by atoms with van der Waals surface area (Å²) in [6.45, 7) is 5.89. The summed E-state index contributed by atoms with van der Waals surface area (Å²) in [5.41, 5.74) is 1.30. The number of nitrogens with zero attached hydrogens (tertiary/aromatic N) is 1. The molecule has 0 spiro atoms. The van der Waals surface area contributed by atoms with Crippen LogP contribution in [-0.2, 0) is 0 Å². The van der Waals surface area contributed by atoms with Crippen molar-refractivity contribution in [3.05, 3.63) is 65.7 Å². The van der Waals surface area contributed by atoms with E-state index in [2.05, 4.69) is 5.32 Å². The van der Waals surface area contributed by atoms with Gasteiger partial charge in [-0.2, -0.15) is 0 Å². The Hall–Kier alpha value is -2.82. The Kier molecular flexibility index (Phi) is 6.69. The molecule has 3 rings (SSSR count). The highest BCUT2D eigenvalue weighted by Crippen LogP contribution is 2.23. The van der Waals surface area contributed by atoms with Crippen LogP contribution in [0.5, 0.6) is 5.75 Å². The number of hydrogen-bond donors (Lipinski definition) is 1. The summed E-state index contributed by atoms with van der Waals surface area (Å²) in [5.74, 6) is 0.967. The van der Waals surface area contributed by atoms with Crippen LogP contribution in [0.3, 0.4) is 0 Å². The van der Waals surface area contributed by atoms with Crippen LogP contribution in [0.1, 0.15) is 47.4 Å². The van der Waals surface area contributed by atoms with E-state index in [1.165, 1.54) is 0 Å². The molecule has 0 saturated carbocycles. The second-order valence-corrected chi connectivity index (χ2v) is 7.54. The molecule has 1 heterocycles. The molecule has 1 aliphatic rings. The maximum Gasteiger partial charge on any atom is 0.255 e. The largest absolute Gasteiger partial charge is 0.492 e. The van der Waals surface area contributed by atoms with E-state index in [0.717, 1.165) is 31.5 Å². The lowest BCUT2D eigenvalue weighted by Crippen LogP contribution is -2.39. The number of likely N-dealkylation sites (tertiary alicyclic amines) is 1. The first-order valence-electron chi connectivity index (χ1n) is 9.91. The standard InChI is InChI=1S/C23H28N2O3/c1-17(2)24-22(26)20-10-6-7-11-21(20)28-16-18-12-14-25(15-13-18)23(27)19-8-4-3-5-9-19/h3-11,17-18H,12-16H2,1-2H3,(H,24,26). The van der Waals surface area contributed by atoms with E-state index >= 15 is 0 Å². The Morgan fingerprint density at radius 2 is 1.68 bits per heavy atom. The zero-order valence-electron chi connectivity index (χ0n) is 16.6. The second kappa shape index (κ2) is 9.40. The van der Waals surface area contributed by atoms with Crippen molar-refractivity contribution in [1.29, 1.82) is 0 Å². The summed E-state index contributed by atoms with van der Waals surface area (Å²) in [5, 5.41) is 2.91. The number of ether oxygens (including phenoxy) is 1. The van der Waals surface area contributed by atoms with Gasteiger partial charge in [0, 0.05) is 24.7 Å². The van der Waals surface area contributed by atoms with Gasteiger partial charge in [0.1, 0.15) is 5.75 Å². The number of para-hydroxylation sites is 1. The third-order valence-electron chi connectivity index (χ3n) is 4.95. The molecule has 2 aromatic rings. The maximum atomic E-state index is 12.5. The molecule has 0 atom stereocenters. The molecule has 1 fully saturated rings. The Bertz CT molecular complexity index is 797. The summed E-state index contributed by atoms with van der Waals surface area (Å²) in [4.78, 5) is 26.8. The van der Waals surface area contributed by atoms with Gasteiger partial charge < -0.3 is 15.0 Å². The van der Waals surface area contributed by atoms with Crippen molar-refractivity contribution in [2.24, 2.45) is 5.92 Å². The van der Waals surface area contributed by atoms with Crippen molar-refractivity contribution in [2.75, 3.05) is 19.7 Å². The van der Waals surface area contributed by atoms with Gasteiger partial charge in [0.25, 0.3) is 11.8 Å². The number of carbonyl (C=O) groups excluding carboxylic acids is 2. The number of amides is 2. The average molecular weight is 380 g/mol. The first-order valence-corrected chi connectivity index (χ1v) is 9.91. The number of piperidine rings is 1. The van der Waals surface area contributed by atoms with Gasteiger partial charge in [0.2, 0.25) is 0 Å². The highest BCUT2D eigenvalue weighted by molar-refractivity contribution is 5.97. The lowest BCUT2D eigenvalue weighted by atomic mass is 9.97. The van der Waals surface area contributed by atoms with E-state index in [-0.39, 0.29) is 17.9 Å². The Labute approximate surface area is 166 Å². The van der Waals surface area contributed by atoms with Gasteiger partial charge >= 0.3 is 0 Å². The van der Waals surface area contributed by atoms with Crippen LogP contribution in [0.25, 0.3) is 0 Å². The lowest BCUT2D eigenvalue weighted by Gasteiger charge is -2.32. The quantitative estimate of drug-likeness (QED) is 0.830. The van der Waals surface area contributed by atoms with Crippen molar-refractivity contribution in [3.63, 3.8) is 0 Å². The van der Waals surface area contributed by atoms with Crippen molar-refractivity contribution in [2.45, 2.75) is 32.7 Å². The van der Waals surface area contributed by atoms with E-state index in [1.807, 2.05) is 67.3 Å². The summed E-state index contributed by atoms with van der Waals surface area (Å²) < 4.78 is 6.00. The fraction of sp³-hybridized carbons (Fsp3) is 0.391. The molecule has 0 unspecified atom stereocenters. The van der Waals surface area contributed by atoms with E-state index < -0.39 is 0 Å². The van der Waals surface area contributed by atoms with E-state index in [9.17, 15) is 9.59 Å². The van der Waals surface area contributed by atoms with Crippen LogP contribution in [0.4, 0.5) is 0 Å². The van der Waals surface area contributed by atoms with E-state index in [0.29, 0.717) is 23.8 Å². The minimum Gasteiger partial charge on any atom is -0.492 e. The van der Waals surface area contributed by atoms with Gasteiger partial charge in [0.05, 0.1) is 12.2 Å². The predicted octanol–water partition coefficient (Wildman–Crippen LogP) is 3.76. The molecule has 2 aromatic carbocycles. The zero-order valence-corrected chi connectivity index (χ0v) is 16.6. The third kappa shape index (κ3) is 5.12. The molecule has 2 amide bonds. The first kappa shape index (κ1) is 19.9. The van der Waals surface area contributed by atoms with Crippen molar-refractivity contribution >= 4 is 11.8 Å². The SMILES string of the molecule is CC(C)NC(=O)c1ccccc1OCC1CCN(C(=O)c2ccccc2)CC1. The predicted molar refractivity (Wildman–Crippen MR) is 110 cm³/mol. The zero-order chi connectivity index (χ0) is 19.9. The molecule has 1 saturated heterocycles. The smallest absolute Gasteiger partial charge is 0.255 e. The molecule has 148 valence electrons. The molecule has 1 aliphatic heterocycles. The van der Waals surface area contributed by atoms with Gasteiger partial charge in [-0.3, -0.25) is 9.59 Å². The third-order valence-corrected chi connectivity index (χ3v) is 4.95. The fourth-order valence-electron chi connectivity index (χ4n) is 3.39. The summed E-state index contributed by atoms with van der Waals surface area (Å²) in [6, 6.07) is 16.8. The maximum absolute atomic E-state index is 12.5. The molecule has 0 bridgehead atoms. The average Bonchev–Trinajstić information content (AvgIpc) is 2.72. The number of benzene rings is 2. The normalized spacial score (nSPS) is 14.8. The van der Waals surface area contributed by atoms with Crippen LogP contribution in [-0.4, -0.2) is 42.5 Å². The monoisotopic (exact) mass is 380 g/mol. The molecule has 1 N–H and O–H groups in total. The summed E-state index contributed by atoms with van der Waals surface area (Å²) in [6.07, 6.45) is 1.80. The van der Waals surface area contributed by atoms with Crippen LogP contribution >= 0.6 is 0 Å². The van der Waals surface area contributed by atoms with Crippen LogP contribution in [0.15, 0.2) is 54.6 Å². The fourth-order valence-corrected chi connectivity index (χ4v) is 3.39. The molecule has 0 radical (unpaired) electrons. The Morgan fingerprint density at radius 1 is 1.04 bits per heavy atom. The molecule has 5 nitrogen and oxygen atoms in total. The number of carbonyl (C=O) groups is 2. The van der Waals surface area contributed by atoms with Gasteiger partial charge in [-0.15, -0.1) is 0 Å². The van der Waals surface area contributed by atoms with E-state index in [4.69, 9.17) is 4.74 Å². The van der Waals surface area contributed by atoms with Gasteiger partial charge in [0.15, 0.2) is 0 Å². The van der Waals surface area contributed by atoms with Gasteiger partial charge in [-0.05, 0) is 56.9 Å². The van der Waals surface area contributed by atoms with Crippen LogP contribution < -0.4 is 10.1 Å². The minimum atomic E-state index is -0.117. The lowest BCUT2D eigenvalue weighted by molar-refractivity contribution is 0.0659. The van der Waals surface area contributed by atoms with Crippen molar-refractivity contribution < 1.29 is 14.3 Å². The highest BCUT2D eigenvalue weighted by atomic mass is 16.5. The summed E-state index contributed by atoms with van der Waals surface area (Å²) >= 11 is 0. The topological polar surface area (TPSA) is 58.6 Å². The van der Waals surface area contributed by atoms with Crippen LogP contribution in [0.2, 0.25) is 0 Å². The molecular formula is C23H28N2O3. The van der Waals surface area contributed by atoms with Crippen molar-refractivity contribution in [3.8, 4) is 5.75 Å². The number of rotatable bonds is 6. The molecular weight excluding hydrogens is 352 g/mol. The van der Waals surface area contributed by atoms with Gasteiger partial charge in [-0.1, -0.05) is 30.3 Å². The van der Waals surface area contributed by atoms with Crippen molar-refractivity contribution in [1.82, 2.24) is 10.2 Å². The Morgan fingerprint density at radius 3 is 2.36 bits per heavy atom. The second-order valence-electron chi connectivity index (χ2n) is 7.54. The number of hydrogen-bond acceptors (Lipinski definition) is 3. The molecule has 5 heteroatoms. The molecule has 0 aliphatic carbocycles. The Balaban J connectivity index is 1.52. The minimum absolute atomic E-state index is 0.0760. The first-order chi connectivity index (χ1) is 13.5. The molecule has 0 aromatic heterocycles. The van der Waals surface area contributed by atoms with Crippen LogP contribution in [0, 0.1) is 5.92 Å². The molecule has 28 heavy (non-hydrogen) atoms. The van der Waals surface area contributed by atoms with Gasteiger partial charge in [-0.25, -0.2) is 0 Å². The summed E-state index contributed by atoms with van der Waals surface area (Å²) in [7, 11) is 0. The number of nitrogens with one attached hydrogen (secondary N) is 1.